The number of nitrogens with zero attached hydrogens (tertiary/aromatic N) is 3. The van der Waals surface area contributed by atoms with Crippen molar-refractivity contribution >= 4 is 38.2 Å². The van der Waals surface area contributed by atoms with Crippen LogP contribution in [0, 0.1) is 6.92 Å². The van der Waals surface area contributed by atoms with E-state index in [2.05, 4.69) is 20.4 Å². The smallest absolute Gasteiger partial charge is 0.278 e. The fourth-order valence-corrected chi connectivity index (χ4v) is 4.70. The molecule has 1 heterocycles. The number of benzene rings is 3. The third-order valence-corrected chi connectivity index (χ3v) is 6.54. The van der Waals surface area contributed by atoms with Crippen LogP contribution in [0.3, 0.4) is 0 Å². The summed E-state index contributed by atoms with van der Waals surface area (Å²) < 4.78 is 34.8. The van der Waals surface area contributed by atoms with Crippen LogP contribution in [0.2, 0.25) is 0 Å². The van der Waals surface area contributed by atoms with Crippen molar-refractivity contribution in [1.82, 2.24) is 15.0 Å². The van der Waals surface area contributed by atoms with Crippen molar-refractivity contribution in [2.45, 2.75) is 18.4 Å². The number of aryl methyl sites for hydroxylation is 1. The molecule has 0 atom stereocenters. The Kier molecular flexibility index (Phi) is 6.28. The van der Waals surface area contributed by atoms with E-state index in [9.17, 15) is 18.0 Å². The molecule has 0 aliphatic rings. The van der Waals surface area contributed by atoms with E-state index in [1.807, 2.05) is 0 Å². The minimum atomic E-state index is -3.98. The topological polar surface area (TPSA) is 132 Å². The zero-order valence-corrected chi connectivity index (χ0v) is 19.2. The van der Waals surface area contributed by atoms with Crippen molar-refractivity contribution in [3.05, 3.63) is 82.6 Å². The van der Waals surface area contributed by atoms with Gasteiger partial charge in [-0.15, -0.1) is 5.10 Å². The number of hydrogen-bond acceptors (Lipinski definition) is 7. The number of para-hydroxylation sites is 2. The summed E-state index contributed by atoms with van der Waals surface area (Å²) in [5.41, 5.74) is 0.997. The first kappa shape index (κ1) is 22.9. The van der Waals surface area contributed by atoms with Crippen molar-refractivity contribution in [1.29, 1.82) is 0 Å². The summed E-state index contributed by atoms with van der Waals surface area (Å²) in [5.74, 6) is -0.188. The van der Waals surface area contributed by atoms with Gasteiger partial charge in [-0.25, -0.2) is 13.1 Å². The third kappa shape index (κ3) is 4.74. The van der Waals surface area contributed by atoms with Crippen molar-refractivity contribution in [3.63, 3.8) is 0 Å². The van der Waals surface area contributed by atoms with Crippen LogP contribution in [0.4, 0.5) is 11.4 Å². The molecule has 0 spiro atoms. The van der Waals surface area contributed by atoms with Gasteiger partial charge in [-0.2, -0.15) is 0 Å². The first-order valence-corrected chi connectivity index (χ1v) is 11.7. The molecule has 11 heteroatoms. The first-order valence-electron chi connectivity index (χ1n) is 10.2. The molecule has 10 nitrogen and oxygen atoms in total. The van der Waals surface area contributed by atoms with E-state index in [0.717, 1.165) is 4.68 Å². The molecule has 0 aliphatic carbocycles. The summed E-state index contributed by atoms with van der Waals surface area (Å²) in [6.45, 7) is 1.26. The Morgan fingerprint density at radius 2 is 1.79 bits per heavy atom. The van der Waals surface area contributed by atoms with E-state index in [1.165, 1.54) is 13.2 Å². The summed E-state index contributed by atoms with van der Waals surface area (Å²) in [6, 6.07) is 17.8. The number of carbonyl (C=O) groups excluding carboxylic acids is 1. The number of rotatable bonds is 7. The number of aromatic nitrogens is 3. The Morgan fingerprint density at radius 1 is 1.06 bits per heavy atom. The number of sulfonamides is 1. The number of anilines is 2. The number of carbonyl (C=O) groups is 1. The van der Waals surface area contributed by atoms with Gasteiger partial charge in [-0.1, -0.05) is 35.5 Å². The van der Waals surface area contributed by atoms with Gasteiger partial charge in [0.25, 0.3) is 15.6 Å². The van der Waals surface area contributed by atoms with E-state index in [-0.39, 0.29) is 22.8 Å². The molecule has 4 rings (SSSR count). The summed E-state index contributed by atoms with van der Waals surface area (Å²) >= 11 is 0. The molecular weight excluding hydrogens is 458 g/mol. The second-order valence-electron chi connectivity index (χ2n) is 7.40. The third-order valence-electron chi connectivity index (χ3n) is 5.04. The van der Waals surface area contributed by atoms with Crippen LogP contribution in [0.1, 0.15) is 5.56 Å². The van der Waals surface area contributed by atoms with Gasteiger partial charge >= 0.3 is 0 Å². The van der Waals surface area contributed by atoms with Crippen LogP contribution in [0.15, 0.2) is 76.4 Å². The Balaban J connectivity index is 1.56. The maximum atomic E-state index is 13.0. The molecule has 1 amide bonds. The molecule has 0 fully saturated rings. The minimum Gasteiger partial charge on any atom is -0.495 e. The van der Waals surface area contributed by atoms with Gasteiger partial charge in [0, 0.05) is 5.69 Å². The minimum absolute atomic E-state index is 0.0149. The van der Waals surface area contributed by atoms with Crippen molar-refractivity contribution in [2.24, 2.45) is 0 Å². The highest BCUT2D eigenvalue weighted by molar-refractivity contribution is 7.92. The van der Waals surface area contributed by atoms with Gasteiger partial charge in [0.15, 0.2) is 0 Å². The molecule has 1 aromatic heterocycles. The summed E-state index contributed by atoms with van der Waals surface area (Å²) in [6.07, 6.45) is 0. The van der Waals surface area contributed by atoms with Gasteiger partial charge in [0.05, 0.1) is 23.1 Å². The molecule has 0 saturated heterocycles. The SMILES string of the molecule is COc1ccccc1NS(=O)(=O)c1cc(NC(=O)Cn2nnc3ccccc3c2=O)ccc1C. The summed E-state index contributed by atoms with van der Waals surface area (Å²) in [4.78, 5) is 25.1. The second kappa shape index (κ2) is 9.32. The van der Waals surface area contributed by atoms with E-state index in [0.29, 0.717) is 22.2 Å². The Bertz CT molecular complexity index is 1550. The van der Waals surface area contributed by atoms with Gasteiger partial charge < -0.3 is 10.1 Å². The van der Waals surface area contributed by atoms with E-state index >= 15 is 0 Å². The average Bonchev–Trinajstić information content (AvgIpc) is 2.82. The Morgan fingerprint density at radius 3 is 2.59 bits per heavy atom. The molecular formula is C23H21N5O5S. The summed E-state index contributed by atoms with van der Waals surface area (Å²) in [7, 11) is -2.54. The molecule has 0 saturated carbocycles. The van der Waals surface area contributed by atoms with Crippen LogP contribution in [-0.2, 0) is 21.4 Å². The molecule has 0 bridgehead atoms. The van der Waals surface area contributed by atoms with Crippen molar-refractivity contribution in [2.75, 3.05) is 17.1 Å². The number of nitrogens with one attached hydrogen (secondary N) is 2. The quantitative estimate of drug-likeness (QED) is 0.416. The highest BCUT2D eigenvalue weighted by Crippen LogP contribution is 2.28. The van der Waals surface area contributed by atoms with Gasteiger partial charge in [-0.05, 0) is 48.9 Å². The fourth-order valence-electron chi connectivity index (χ4n) is 3.36. The van der Waals surface area contributed by atoms with E-state index < -0.39 is 21.5 Å². The number of fused-ring (bicyclic) bond motifs is 1. The van der Waals surface area contributed by atoms with Gasteiger partial charge in [0.1, 0.15) is 17.8 Å². The maximum absolute atomic E-state index is 13.0. The molecule has 174 valence electrons. The van der Waals surface area contributed by atoms with Crippen LogP contribution < -0.4 is 20.3 Å². The van der Waals surface area contributed by atoms with Crippen LogP contribution in [0.5, 0.6) is 5.75 Å². The second-order valence-corrected chi connectivity index (χ2v) is 9.05. The summed E-state index contributed by atoms with van der Waals surface area (Å²) in [5, 5.41) is 10.7. The molecule has 2 N–H and O–H groups in total. The number of methoxy groups -OCH3 is 1. The number of ether oxygens (including phenoxy) is 1. The lowest BCUT2D eigenvalue weighted by Gasteiger charge is -2.14. The maximum Gasteiger partial charge on any atom is 0.278 e. The van der Waals surface area contributed by atoms with E-state index in [4.69, 9.17) is 4.74 Å². The predicted octanol–water partition coefficient (Wildman–Crippen LogP) is 2.55. The zero-order chi connectivity index (χ0) is 24.3. The zero-order valence-electron chi connectivity index (χ0n) is 18.3. The van der Waals surface area contributed by atoms with Crippen molar-refractivity contribution in [3.8, 4) is 5.75 Å². The lowest BCUT2D eigenvalue weighted by atomic mass is 10.2. The van der Waals surface area contributed by atoms with Gasteiger partial charge in [0.2, 0.25) is 5.91 Å². The van der Waals surface area contributed by atoms with E-state index in [1.54, 1.807) is 67.6 Å². The van der Waals surface area contributed by atoms with Crippen LogP contribution in [0.25, 0.3) is 10.9 Å². The lowest BCUT2D eigenvalue weighted by molar-refractivity contribution is -0.117. The van der Waals surface area contributed by atoms with Gasteiger partial charge in [-0.3, -0.25) is 14.3 Å². The number of amides is 1. The highest BCUT2D eigenvalue weighted by Gasteiger charge is 2.20. The van der Waals surface area contributed by atoms with Crippen LogP contribution in [-0.4, -0.2) is 36.4 Å². The standard InChI is InChI=1S/C23H21N5O5S/c1-15-11-12-16(13-21(15)34(31,32)26-19-9-5-6-10-20(19)33-2)24-22(29)14-28-23(30)17-7-3-4-8-18(17)25-27-28/h3-13,26H,14H2,1-2H3,(H,24,29). The molecule has 0 unspecified atom stereocenters. The molecule has 34 heavy (non-hydrogen) atoms. The van der Waals surface area contributed by atoms with Crippen LogP contribution >= 0.6 is 0 Å². The molecule has 3 aromatic carbocycles. The molecule has 0 aliphatic heterocycles. The molecule has 4 aromatic rings. The predicted molar refractivity (Wildman–Crippen MR) is 127 cm³/mol. The fraction of sp³-hybridized carbons (Fsp3) is 0.130. The molecule has 0 radical (unpaired) electrons. The highest BCUT2D eigenvalue weighted by atomic mass is 32.2. The number of hydrogen-bond donors (Lipinski definition) is 2. The normalized spacial score (nSPS) is 11.2. The monoisotopic (exact) mass is 479 g/mol. The first-order chi connectivity index (χ1) is 16.3. The Hall–Kier alpha value is -4.25. The average molecular weight is 480 g/mol. The Labute approximate surface area is 195 Å². The lowest BCUT2D eigenvalue weighted by Crippen LogP contribution is -2.30. The largest absolute Gasteiger partial charge is 0.495 e. The van der Waals surface area contributed by atoms with Crippen molar-refractivity contribution < 1.29 is 17.9 Å².